The molecule has 0 amide bonds. The topological polar surface area (TPSA) is 79.4 Å². The van der Waals surface area contributed by atoms with Crippen molar-refractivity contribution in [1.29, 1.82) is 0 Å². The van der Waals surface area contributed by atoms with Crippen LogP contribution in [0.4, 0.5) is 5.69 Å². The Bertz CT molecular complexity index is 669. The Morgan fingerprint density at radius 2 is 2.30 bits per heavy atom. The molecule has 0 atom stereocenters. The number of H-pyrrole nitrogens is 1. The number of hydrogen-bond acceptors (Lipinski definition) is 5. The lowest BCUT2D eigenvalue weighted by atomic mass is 10.2. The Balaban J connectivity index is 2.14. The van der Waals surface area contributed by atoms with Gasteiger partial charge >= 0.3 is 0 Å². The van der Waals surface area contributed by atoms with Gasteiger partial charge in [0.15, 0.2) is 0 Å². The van der Waals surface area contributed by atoms with Crippen molar-refractivity contribution in [3.63, 3.8) is 0 Å². The Morgan fingerprint density at radius 1 is 1.50 bits per heavy atom. The van der Waals surface area contributed by atoms with Crippen LogP contribution in [-0.4, -0.2) is 23.0 Å². The van der Waals surface area contributed by atoms with E-state index in [1.54, 1.807) is 6.21 Å². The van der Waals surface area contributed by atoms with Crippen LogP contribution in [0.3, 0.4) is 0 Å². The number of rotatable bonds is 5. The van der Waals surface area contributed by atoms with Gasteiger partial charge in [-0.15, -0.1) is 0 Å². The summed E-state index contributed by atoms with van der Waals surface area (Å²) in [7, 11) is 0. The smallest absolute Gasteiger partial charge is 0.285 e. The summed E-state index contributed by atoms with van der Waals surface area (Å²) in [6.45, 7) is 2.48. The predicted molar refractivity (Wildman–Crippen MR) is 78.7 cm³/mol. The van der Waals surface area contributed by atoms with Crippen molar-refractivity contribution in [2.45, 2.75) is 6.92 Å². The van der Waals surface area contributed by atoms with Gasteiger partial charge in [-0.2, -0.15) is 10.2 Å². The van der Waals surface area contributed by atoms with E-state index in [2.05, 4.69) is 20.7 Å². The summed E-state index contributed by atoms with van der Waals surface area (Å²) in [5, 5.41) is 9.89. The fourth-order valence-corrected chi connectivity index (χ4v) is 1.64. The third-order valence-corrected chi connectivity index (χ3v) is 2.78. The van der Waals surface area contributed by atoms with Crippen molar-refractivity contribution in [1.82, 2.24) is 10.2 Å². The molecule has 7 heteroatoms. The fourth-order valence-electron chi connectivity index (χ4n) is 1.51. The maximum Gasteiger partial charge on any atom is 0.285 e. The molecule has 0 aliphatic carbocycles. The molecule has 0 aliphatic heterocycles. The zero-order valence-electron chi connectivity index (χ0n) is 10.8. The highest BCUT2D eigenvalue weighted by Gasteiger charge is 2.03. The second-order valence-electron chi connectivity index (χ2n) is 3.77. The van der Waals surface area contributed by atoms with E-state index in [9.17, 15) is 4.79 Å². The predicted octanol–water partition coefficient (Wildman–Crippen LogP) is 2.27. The molecule has 0 bridgehead atoms. The number of para-hydroxylation sites is 1. The molecule has 0 saturated carbocycles. The lowest BCUT2D eigenvalue weighted by molar-refractivity contribution is 0.340. The molecule has 2 aromatic rings. The standard InChI is InChI=1S/C13H13ClN4O2/c1-2-20-11-6-4-3-5-9(11)7-15-17-10-8-16-18-13(19)12(10)14/h3-8H,2H2,1H3,(H2,17,18,19)/b15-7-. The first-order chi connectivity index (χ1) is 9.72. The number of nitrogens with zero attached hydrogens (tertiary/aromatic N) is 2. The first kappa shape index (κ1) is 14.1. The molecule has 6 nitrogen and oxygen atoms in total. The molecule has 20 heavy (non-hydrogen) atoms. The van der Waals surface area contributed by atoms with Gasteiger partial charge in [-0.3, -0.25) is 10.2 Å². The van der Waals surface area contributed by atoms with Crippen LogP contribution in [0.5, 0.6) is 5.75 Å². The van der Waals surface area contributed by atoms with E-state index in [-0.39, 0.29) is 5.02 Å². The molecule has 0 spiro atoms. The highest BCUT2D eigenvalue weighted by atomic mass is 35.5. The van der Waals surface area contributed by atoms with E-state index in [4.69, 9.17) is 16.3 Å². The minimum Gasteiger partial charge on any atom is -0.493 e. The average molecular weight is 293 g/mol. The van der Waals surface area contributed by atoms with Gasteiger partial charge in [-0.05, 0) is 19.1 Å². The molecular weight excluding hydrogens is 280 g/mol. The van der Waals surface area contributed by atoms with E-state index in [0.29, 0.717) is 12.3 Å². The normalized spacial score (nSPS) is 10.7. The van der Waals surface area contributed by atoms with Crippen molar-refractivity contribution >= 4 is 23.5 Å². The van der Waals surface area contributed by atoms with Crippen molar-refractivity contribution in [3.8, 4) is 5.75 Å². The van der Waals surface area contributed by atoms with E-state index in [0.717, 1.165) is 11.3 Å². The highest BCUT2D eigenvalue weighted by Crippen LogP contribution is 2.17. The van der Waals surface area contributed by atoms with Gasteiger partial charge < -0.3 is 4.74 Å². The number of nitrogens with one attached hydrogen (secondary N) is 2. The Kier molecular flexibility index (Phi) is 4.73. The van der Waals surface area contributed by atoms with Crippen molar-refractivity contribution in [2.24, 2.45) is 5.10 Å². The molecule has 0 radical (unpaired) electrons. The SMILES string of the molecule is CCOc1ccccc1/C=N\Nc1cn[nH]c(=O)c1Cl. The maximum absolute atomic E-state index is 11.3. The zero-order valence-corrected chi connectivity index (χ0v) is 11.5. The Morgan fingerprint density at radius 3 is 3.10 bits per heavy atom. The van der Waals surface area contributed by atoms with Gasteiger partial charge in [0.05, 0.1) is 19.0 Å². The number of hydrogen-bond donors (Lipinski definition) is 2. The molecule has 1 aromatic carbocycles. The number of halogens is 1. The van der Waals surface area contributed by atoms with Gasteiger partial charge in [0.2, 0.25) is 0 Å². The van der Waals surface area contributed by atoms with E-state index >= 15 is 0 Å². The van der Waals surface area contributed by atoms with Crippen LogP contribution >= 0.6 is 11.6 Å². The number of hydrazone groups is 1. The number of benzene rings is 1. The number of anilines is 1. The summed E-state index contributed by atoms with van der Waals surface area (Å²) >= 11 is 5.81. The summed E-state index contributed by atoms with van der Waals surface area (Å²) in [6.07, 6.45) is 2.97. The third kappa shape index (κ3) is 3.36. The molecule has 0 fully saturated rings. The lowest BCUT2D eigenvalue weighted by Gasteiger charge is -2.06. The van der Waals surface area contributed by atoms with Crippen LogP contribution in [0.1, 0.15) is 12.5 Å². The molecule has 1 heterocycles. The van der Waals surface area contributed by atoms with Crippen LogP contribution in [-0.2, 0) is 0 Å². The molecule has 0 saturated heterocycles. The van der Waals surface area contributed by atoms with Gasteiger partial charge in [-0.25, -0.2) is 5.10 Å². The molecule has 2 rings (SSSR count). The molecular formula is C13H13ClN4O2. The first-order valence-corrected chi connectivity index (χ1v) is 6.34. The zero-order chi connectivity index (χ0) is 14.4. The Hall–Kier alpha value is -2.34. The second kappa shape index (κ2) is 6.72. The second-order valence-corrected chi connectivity index (χ2v) is 4.15. The summed E-state index contributed by atoms with van der Waals surface area (Å²) in [4.78, 5) is 11.3. The third-order valence-electron chi connectivity index (χ3n) is 2.40. The fraction of sp³-hybridized carbons (Fsp3) is 0.154. The minimum absolute atomic E-state index is 0.00948. The van der Waals surface area contributed by atoms with Gasteiger partial charge in [0.1, 0.15) is 16.5 Å². The van der Waals surface area contributed by atoms with Crippen molar-refractivity contribution in [3.05, 3.63) is 51.4 Å². The van der Waals surface area contributed by atoms with Crippen molar-refractivity contribution < 1.29 is 4.74 Å². The van der Waals surface area contributed by atoms with E-state index in [1.165, 1.54) is 6.20 Å². The van der Waals surface area contributed by atoms with E-state index in [1.807, 2.05) is 31.2 Å². The van der Waals surface area contributed by atoms with Gasteiger partial charge in [0, 0.05) is 5.56 Å². The van der Waals surface area contributed by atoms with Gasteiger partial charge in [-0.1, -0.05) is 23.7 Å². The minimum atomic E-state index is -0.471. The molecule has 2 N–H and O–H groups in total. The molecule has 1 aromatic heterocycles. The van der Waals surface area contributed by atoms with E-state index < -0.39 is 5.56 Å². The first-order valence-electron chi connectivity index (χ1n) is 5.96. The van der Waals surface area contributed by atoms with Crippen LogP contribution in [0.2, 0.25) is 5.02 Å². The van der Waals surface area contributed by atoms with Crippen LogP contribution < -0.4 is 15.7 Å². The monoisotopic (exact) mass is 292 g/mol. The average Bonchev–Trinajstić information content (AvgIpc) is 2.45. The summed E-state index contributed by atoms with van der Waals surface area (Å²) in [6, 6.07) is 7.49. The van der Waals surface area contributed by atoms with Gasteiger partial charge in [0.25, 0.3) is 5.56 Å². The van der Waals surface area contributed by atoms with Crippen LogP contribution in [0, 0.1) is 0 Å². The summed E-state index contributed by atoms with van der Waals surface area (Å²) < 4.78 is 5.47. The Labute approximate surface area is 120 Å². The lowest BCUT2D eigenvalue weighted by Crippen LogP contribution is -2.10. The number of aromatic amines is 1. The summed E-state index contributed by atoms with van der Waals surface area (Å²) in [5.41, 5.74) is 3.35. The molecule has 104 valence electrons. The van der Waals surface area contributed by atoms with Crippen LogP contribution in [0.25, 0.3) is 0 Å². The summed E-state index contributed by atoms with van der Waals surface area (Å²) in [5.74, 6) is 0.732. The number of aromatic nitrogens is 2. The highest BCUT2D eigenvalue weighted by molar-refractivity contribution is 6.32. The van der Waals surface area contributed by atoms with Crippen LogP contribution in [0.15, 0.2) is 40.4 Å². The molecule has 0 unspecified atom stereocenters. The largest absolute Gasteiger partial charge is 0.493 e. The maximum atomic E-state index is 11.3. The quantitative estimate of drug-likeness (QED) is 0.654. The molecule has 0 aliphatic rings. The number of ether oxygens (including phenoxy) is 1. The van der Waals surface area contributed by atoms with Crippen molar-refractivity contribution in [2.75, 3.05) is 12.0 Å².